The fraction of sp³-hybridized carbons (Fsp3) is 0.944. The molecule has 23 heavy (non-hydrogen) atoms. The molecule has 0 radical (unpaired) electrons. The van der Waals surface area contributed by atoms with Gasteiger partial charge >= 0.3 is 0 Å². The number of likely N-dealkylation sites (tertiary alicyclic amines) is 1. The predicted molar refractivity (Wildman–Crippen MR) is 91.2 cm³/mol. The molecule has 0 unspecified atom stereocenters. The fourth-order valence-electron chi connectivity index (χ4n) is 4.82. The third-order valence-corrected chi connectivity index (χ3v) is 6.30. The van der Waals surface area contributed by atoms with Crippen molar-refractivity contribution in [3.05, 3.63) is 0 Å². The Hall–Kier alpha value is -0.650. The maximum atomic E-state index is 12.9. The lowest BCUT2D eigenvalue weighted by atomic mass is 9.72. The second-order valence-corrected chi connectivity index (χ2v) is 7.71. The third kappa shape index (κ3) is 4.06. The smallest absolute Gasteiger partial charge is 0.237 e. The van der Waals surface area contributed by atoms with Gasteiger partial charge in [-0.3, -0.25) is 14.6 Å². The van der Waals surface area contributed by atoms with E-state index in [9.17, 15) is 4.79 Å². The standard InChI is InChI=1S/C18H33N3O2/c1-15-6-7-21(17-5-3-2-4-16(15)17)18(23)14-20-10-8-19(9-11-20)12-13-22/h15-17,22H,2-14H2,1H3/t15-,16-,17-/m1/s1. The number of carbonyl (C=O) groups excluding carboxylic acids is 1. The molecule has 5 nitrogen and oxygen atoms in total. The van der Waals surface area contributed by atoms with E-state index in [2.05, 4.69) is 21.6 Å². The molecule has 2 saturated heterocycles. The summed E-state index contributed by atoms with van der Waals surface area (Å²) in [6.45, 7) is 8.76. The molecule has 0 spiro atoms. The van der Waals surface area contributed by atoms with Gasteiger partial charge in [0.2, 0.25) is 5.91 Å². The first-order chi connectivity index (χ1) is 11.2. The van der Waals surface area contributed by atoms with Crippen molar-refractivity contribution in [2.24, 2.45) is 11.8 Å². The average molecular weight is 323 g/mol. The number of carbonyl (C=O) groups is 1. The first-order valence-corrected chi connectivity index (χ1v) is 9.54. The van der Waals surface area contributed by atoms with Crippen molar-refractivity contribution in [3.63, 3.8) is 0 Å². The summed E-state index contributed by atoms with van der Waals surface area (Å²) in [5, 5.41) is 9.02. The van der Waals surface area contributed by atoms with Crippen molar-refractivity contribution in [1.29, 1.82) is 0 Å². The minimum absolute atomic E-state index is 0.230. The molecule has 3 aliphatic rings. The fourth-order valence-corrected chi connectivity index (χ4v) is 4.82. The van der Waals surface area contributed by atoms with Gasteiger partial charge in [-0.05, 0) is 31.1 Å². The molecule has 3 rings (SSSR count). The molecule has 1 amide bonds. The number of nitrogens with zero attached hydrogens (tertiary/aromatic N) is 3. The minimum atomic E-state index is 0.230. The number of aliphatic hydroxyl groups excluding tert-OH is 1. The van der Waals surface area contributed by atoms with Crippen molar-refractivity contribution in [1.82, 2.24) is 14.7 Å². The summed E-state index contributed by atoms with van der Waals surface area (Å²) >= 11 is 0. The Morgan fingerprint density at radius 2 is 1.70 bits per heavy atom. The highest BCUT2D eigenvalue weighted by atomic mass is 16.3. The molecule has 1 N–H and O–H groups in total. The van der Waals surface area contributed by atoms with Crippen LogP contribution in [0.3, 0.4) is 0 Å². The summed E-state index contributed by atoms with van der Waals surface area (Å²) in [5.74, 6) is 1.87. The minimum Gasteiger partial charge on any atom is -0.395 e. The van der Waals surface area contributed by atoms with Gasteiger partial charge in [0.15, 0.2) is 0 Å². The van der Waals surface area contributed by atoms with Gasteiger partial charge in [0.1, 0.15) is 0 Å². The number of aliphatic hydroxyl groups is 1. The molecule has 132 valence electrons. The molecule has 5 heteroatoms. The van der Waals surface area contributed by atoms with Crippen LogP contribution in [-0.4, -0.2) is 84.2 Å². The van der Waals surface area contributed by atoms with Crippen LogP contribution in [0.25, 0.3) is 0 Å². The molecule has 1 aliphatic carbocycles. The Kier molecular flexibility index (Phi) is 5.94. The highest BCUT2D eigenvalue weighted by molar-refractivity contribution is 5.78. The normalized spacial score (nSPS) is 33.5. The van der Waals surface area contributed by atoms with Crippen LogP contribution >= 0.6 is 0 Å². The second-order valence-electron chi connectivity index (χ2n) is 7.71. The van der Waals surface area contributed by atoms with Gasteiger partial charge in [0.25, 0.3) is 0 Å². The van der Waals surface area contributed by atoms with Crippen molar-refractivity contribution < 1.29 is 9.90 Å². The molecule has 3 atom stereocenters. The number of hydrogen-bond acceptors (Lipinski definition) is 4. The molecule has 0 bridgehead atoms. The molecular weight excluding hydrogens is 290 g/mol. The van der Waals surface area contributed by atoms with E-state index in [1.807, 2.05) is 0 Å². The predicted octanol–water partition coefficient (Wildman–Crippen LogP) is 1.02. The number of piperazine rings is 1. The van der Waals surface area contributed by atoms with Crippen molar-refractivity contribution >= 4 is 5.91 Å². The van der Waals surface area contributed by atoms with Crippen LogP contribution in [-0.2, 0) is 4.79 Å². The lowest BCUT2D eigenvalue weighted by Crippen LogP contribution is -2.56. The molecule has 0 aromatic heterocycles. The lowest BCUT2D eigenvalue weighted by Gasteiger charge is -2.48. The number of amides is 1. The topological polar surface area (TPSA) is 47.0 Å². The summed E-state index contributed by atoms with van der Waals surface area (Å²) in [5.41, 5.74) is 0. The van der Waals surface area contributed by atoms with E-state index in [1.165, 1.54) is 32.1 Å². The molecule has 2 aliphatic heterocycles. The van der Waals surface area contributed by atoms with Gasteiger partial charge < -0.3 is 10.0 Å². The number of β-amino-alcohol motifs (C(OH)–C–C–N with tert-alkyl or cyclic N) is 1. The maximum absolute atomic E-state index is 12.9. The van der Waals surface area contributed by atoms with E-state index in [1.54, 1.807) is 0 Å². The molecular formula is C18H33N3O2. The molecule has 0 aromatic rings. The van der Waals surface area contributed by atoms with Crippen LogP contribution in [0, 0.1) is 11.8 Å². The molecule has 2 heterocycles. The van der Waals surface area contributed by atoms with Gasteiger partial charge in [0, 0.05) is 45.3 Å². The van der Waals surface area contributed by atoms with E-state index < -0.39 is 0 Å². The third-order valence-electron chi connectivity index (χ3n) is 6.30. The van der Waals surface area contributed by atoms with Crippen LogP contribution in [0.2, 0.25) is 0 Å². The summed E-state index contributed by atoms with van der Waals surface area (Å²) in [7, 11) is 0. The van der Waals surface area contributed by atoms with Gasteiger partial charge in [-0.25, -0.2) is 0 Å². The van der Waals surface area contributed by atoms with Crippen LogP contribution in [0.4, 0.5) is 0 Å². The average Bonchev–Trinajstić information content (AvgIpc) is 2.57. The SMILES string of the molecule is C[C@@H]1CCN(C(=O)CN2CCN(CCO)CC2)[C@@H]2CCCC[C@H]12. The highest BCUT2D eigenvalue weighted by Gasteiger charge is 2.39. The van der Waals surface area contributed by atoms with E-state index in [0.29, 0.717) is 18.5 Å². The first-order valence-electron chi connectivity index (χ1n) is 9.54. The Bertz CT molecular complexity index is 396. The van der Waals surface area contributed by atoms with Crippen LogP contribution in [0.15, 0.2) is 0 Å². The monoisotopic (exact) mass is 323 g/mol. The number of rotatable bonds is 4. The Labute approximate surface area is 140 Å². The first kappa shape index (κ1) is 17.2. The summed E-state index contributed by atoms with van der Waals surface area (Å²) < 4.78 is 0. The van der Waals surface area contributed by atoms with Crippen molar-refractivity contribution in [3.8, 4) is 0 Å². The van der Waals surface area contributed by atoms with Gasteiger partial charge in [-0.2, -0.15) is 0 Å². The summed E-state index contributed by atoms with van der Waals surface area (Å²) in [4.78, 5) is 19.7. The zero-order chi connectivity index (χ0) is 16.2. The second kappa shape index (κ2) is 7.95. The van der Waals surface area contributed by atoms with E-state index in [-0.39, 0.29) is 6.61 Å². The molecule has 1 saturated carbocycles. The Morgan fingerprint density at radius 1 is 1.00 bits per heavy atom. The summed E-state index contributed by atoms with van der Waals surface area (Å²) in [6, 6.07) is 0.510. The van der Waals surface area contributed by atoms with Crippen molar-refractivity contribution in [2.75, 3.05) is 52.4 Å². The van der Waals surface area contributed by atoms with Crippen LogP contribution < -0.4 is 0 Å². The van der Waals surface area contributed by atoms with Crippen LogP contribution in [0.5, 0.6) is 0 Å². The number of hydrogen-bond donors (Lipinski definition) is 1. The van der Waals surface area contributed by atoms with E-state index in [0.717, 1.165) is 51.1 Å². The lowest BCUT2D eigenvalue weighted by molar-refractivity contribution is -0.140. The van der Waals surface area contributed by atoms with E-state index in [4.69, 9.17) is 5.11 Å². The Morgan fingerprint density at radius 3 is 2.43 bits per heavy atom. The largest absolute Gasteiger partial charge is 0.395 e. The van der Waals surface area contributed by atoms with Crippen molar-refractivity contribution in [2.45, 2.75) is 45.1 Å². The molecule has 3 fully saturated rings. The van der Waals surface area contributed by atoms with Gasteiger partial charge in [-0.1, -0.05) is 19.8 Å². The quantitative estimate of drug-likeness (QED) is 0.839. The van der Waals surface area contributed by atoms with E-state index >= 15 is 0 Å². The number of fused-ring (bicyclic) bond motifs is 1. The Balaban J connectivity index is 1.52. The van der Waals surface area contributed by atoms with Gasteiger partial charge in [-0.15, -0.1) is 0 Å². The maximum Gasteiger partial charge on any atom is 0.237 e. The zero-order valence-corrected chi connectivity index (χ0v) is 14.6. The highest BCUT2D eigenvalue weighted by Crippen LogP contribution is 2.38. The van der Waals surface area contributed by atoms with Crippen LogP contribution in [0.1, 0.15) is 39.0 Å². The zero-order valence-electron chi connectivity index (χ0n) is 14.6. The molecule has 0 aromatic carbocycles. The summed E-state index contributed by atoms with van der Waals surface area (Å²) in [6.07, 6.45) is 6.34. The number of piperidine rings is 1. The van der Waals surface area contributed by atoms with Gasteiger partial charge in [0.05, 0.1) is 13.2 Å².